The van der Waals surface area contributed by atoms with Crippen LogP contribution in [0.2, 0.25) is 0 Å². The highest BCUT2D eigenvalue weighted by Crippen LogP contribution is 2.07. The average Bonchev–Trinajstić information content (AvgIpc) is 2.79. The molecule has 0 saturated heterocycles. The molecule has 1 heterocycles. The fourth-order valence-electron chi connectivity index (χ4n) is 1.20. The number of amides is 1. The highest BCUT2D eigenvalue weighted by atomic mass is 32.2. The first-order chi connectivity index (χ1) is 8.54. The number of nitrogens with zero attached hydrogens (tertiary/aromatic N) is 4. The van der Waals surface area contributed by atoms with Crippen LogP contribution in [0.4, 0.5) is 4.79 Å². The molecule has 8 heteroatoms. The lowest BCUT2D eigenvalue weighted by Crippen LogP contribution is -2.36. The van der Waals surface area contributed by atoms with Crippen LogP contribution in [-0.4, -0.2) is 59.3 Å². The van der Waals surface area contributed by atoms with Crippen LogP contribution in [0, 0.1) is 6.92 Å². The second-order valence-electron chi connectivity index (χ2n) is 3.83. The molecule has 0 aliphatic rings. The zero-order valence-corrected chi connectivity index (χ0v) is 11.8. The van der Waals surface area contributed by atoms with Crippen LogP contribution in [0.3, 0.4) is 0 Å². The summed E-state index contributed by atoms with van der Waals surface area (Å²) in [5, 5.41) is 3.98. The maximum atomic E-state index is 11.9. The zero-order valence-electron chi connectivity index (χ0n) is 11.0. The van der Waals surface area contributed by atoms with E-state index in [4.69, 9.17) is 4.33 Å². The quantitative estimate of drug-likeness (QED) is 0.336. The molecule has 0 spiro atoms. The van der Waals surface area contributed by atoms with E-state index < -0.39 is 0 Å². The summed E-state index contributed by atoms with van der Waals surface area (Å²) in [6.07, 6.45) is 3.35. The molecule has 0 aliphatic heterocycles. The van der Waals surface area contributed by atoms with E-state index in [0.717, 1.165) is 17.8 Å². The van der Waals surface area contributed by atoms with Gasteiger partial charge in [-0.1, -0.05) is 0 Å². The van der Waals surface area contributed by atoms with Crippen molar-refractivity contribution in [2.24, 2.45) is 0 Å². The Morgan fingerprint density at radius 2 is 2.22 bits per heavy atom. The fraction of sp³-hybridized carbons (Fsp3) is 0.600. The molecular formula is C10H18N4O3S. The first-order valence-corrected chi connectivity index (χ1v) is 6.09. The maximum Gasteiger partial charge on any atom is 0.344 e. The predicted octanol–water partition coefficient (Wildman–Crippen LogP) is 1.16. The minimum Gasteiger partial charge on any atom is -0.325 e. The van der Waals surface area contributed by atoms with Gasteiger partial charge in [0.15, 0.2) is 0 Å². The standard InChI is InChI=1S/C10H18N4O3S/c1-9-7-11-14(8-9)10(15)12(2)5-6-13(3)18-17-16-4/h7-8H,5-6H2,1-4H3. The van der Waals surface area contributed by atoms with Crippen LogP contribution in [0.5, 0.6) is 0 Å². The van der Waals surface area contributed by atoms with Crippen molar-refractivity contribution in [2.45, 2.75) is 6.92 Å². The predicted molar refractivity (Wildman–Crippen MR) is 68.7 cm³/mol. The molecule has 18 heavy (non-hydrogen) atoms. The minimum absolute atomic E-state index is 0.158. The molecule has 0 N–H and O–H groups in total. The third-order valence-corrected chi connectivity index (χ3v) is 2.84. The van der Waals surface area contributed by atoms with Crippen molar-refractivity contribution in [2.75, 3.05) is 34.3 Å². The summed E-state index contributed by atoms with van der Waals surface area (Å²) >= 11 is 1.08. The summed E-state index contributed by atoms with van der Waals surface area (Å²) in [4.78, 5) is 18.0. The van der Waals surface area contributed by atoms with Crippen molar-refractivity contribution >= 4 is 18.3 Å². The molecule has 1 aromatic heterocycles. The van der Waals surface area contributed by atoms with Gasteiger partial charge in [0, 0.05) is 26.3 Å². The van der Waals surface area contributed by atoms with E-state index in [2.05, 4.69) is 9.99 Å². The highest BCUT2D eigenvalue weighted by Gasteiger charge is 2.12. The van der Waals surface area contributed by atoms with Gasteiger partial charge in [-0.25, -0.2) is 14.0 Å². The van der Waals surface area contributed by atoms with Crippen LogP contribution in [0.1, 0.15) is 5.56 Å². The Morgan fingerprint density at radius 3 is 2.78 bits per heavy atom. The fourth-order valence-corrected chi connectivity index (χ4v) is 1.52. The summed E-state index contributed by atoms with van der Waals surface area (Å²) in [5.74, 6) is 0. The van der Waals surface area contributed by atoms with E-state index >= 15 is 0 Å². The first kappa shape index (κ1) is 15.0. The number of likely N-dealkylation sites (N-methyl/N-ethyl adjacent to an activating group) is 2. The summed E-state index contributed by atoms with van der Waals surface area (Å²) in [5.41, 5.74) is 0.956. The van der Waals surface area contributed by atoms with Crippen LogP contribution >= 0.6 is 12.2 Å². The van der Waals surface area contributed by atoms with Gasteiger partial charge < -0.3 is 4.90 Å². The van der Waals surface area contributed by atoms with Crippen molar-refractivity contribution in [3.05, 3.63) is 18.0 Å². The van der Waals surface area contributed by atoms with Gasteiger partial charge in [-0.3, -0.25) is 0 Å². The monoisotopic (exact) mass is 274 g/mol. The van der Waals surface area contributed by atoms with Gasteiger partial charge in [0.05, 0.1) is 13.3 Å². The molecule has 102 valence electrons. The van der Waals surface area contributed by atoms with Crippen molar-refractivity contribution in [3.63, 3.8) is 0 Å². The van der Waals surface area contributed by atoms with Gasteiger partial charge >= 0.3 is 6.03 Å². The number of hydrogen-bond acceptors (Lipinski definition) is 6. The van der Waals surface area contributed by atoms with E-state index in [-0.39, 0.29) is 6.03 Å². The molecule has 0 bridgehead atoms. The second kappa shape index (κ2) is 7.37. The largest absolute Gasteiger partial charge is 0.344 e. The third-order valence-electron chi connectivity index (χ3n) is 2.21. The lowest BCUT2D eigenvalue weighted by atomic mass is 10.4. The zero-order chi connectivity index (χ0) is 13.5. The Morgan fingerprint density at radius 1 is 1.50 bits per heavy atom. The normalized spacial score (nSPS) is 10.9. The van der Waals surface area contributed by atoms with Crippen LogP contribution in [0.25, 0.3) is 0 Å². The number of rotatable bonds is 6. The summed E-state index contributed by atoms with van der Waals surface area (Å²) in [7, 11) is 5.02. The van der Waals surface area contributed by atoms with Crippen LogP contribution < -0.4 is 0 Å². The number of carbonyl (C=O) groups excluding carboxylic acids is 1. The second-order valence-corrected chi connectivity index (χ2v) is 4.74. The molecule has 1 amide bonds. The number of aryl methyl sites for hydroxylation is 1. The minimum atomic E-state index is -0.158. The Bertz CT molecular complexity index is 385. The van der Waals surface area contributed by atoms with E-state index in [0.29, 0.717) is 13.1 Å². The van der Waals surface area contributed by atoms with Crippen molar-refractivity contribution in [1.82, 2.24) is 19.0 Å². The van der Waals surface area contributed by atoms with Gasteiger partial charge in [-0.15, -0.1) is 4.33 Å². The third kappa shape index (κ3) is 4.65. The van der Waals surface area contributed by atoms with E-state index in [1.54, 1.807) is 24.3 Å². The van der Waals surface area contributed by atoms with Gasteiger partial charge in [0.25, 0.3) is 0 Å². The van der Waals surface area contributed by atoms with Crippen molar-refractivity contribution in [1.29, 1.82) is 0 Å². The molecule has 1 rings (SSSR count). The molecule has 0 atom stereocenters. The molecule has 0 fully saturated rings. The molecule has 0 aromatic carbocycles. The van der Waals surface area contributed by atoms with Gasteiger partial charge in [-0.2, -0.15) is 9.78 Å². The average molecular weight is 274 g/mol. The summed E-state index contributed by atoms with van der Waals surface area (Å²) < 4.78 is 7.85. The summed E-state index contributed by atoms with van der Waals surface area (Å²) in [6.45, 7) is 3.11. The van der Waals surface area contributed by atoms with Crippen LogP contribution in [-0.2, 0) is 9.22 Å². The lowest BCUT2D eigenvalue weighted by molar-refractivity contribution is -0.163. The lowest BCUT2D eigenvalue weighted by Gasteiger charge is -2.19. The van der Waals surface area contributed by atoms with E-state index in [1.165, 1.54) is 11.8 Å². The van der Waals surface area contributed by atoms with Gasteiger partial charge in [0.2, 0.25) is 0 Å². The molecule has 0 aliphatic carbocycles. The molecule has 0 unspecified atom stereocenters. The highest BCUT2D eigenvalue weighted by molar-refractivity contribution is 7.92. The summed E-state index contributed by atoms with van der Waals surface area (Å²) in [6, 6.07) is -0.158. The van der Waals surface area contributed by atoms with E-state index in [1.807, 2.05) is 18.3 Å². The Labute approximate surface area is 111 Å². The number of carbonyl (C=O) groups is 1. The maximum absolute atomic E-state index is 11.9. The Balaban J connectivity index is 2.36. The Hall–Kier alpha value is -1.09. The van der Waals surface area contributed by atoms with Crippen LogP contribution in [0.15, 0.2) is 12.4 Å². The van der Waals surface area contributed by atoms with Gasteiger partial charge in [-0.05, 0) is 19.5 Å². The molecule has 1 aromatic rings. The smallest absolute Gasteiger partial charge is 0.325 e. The molecule has 0 saturated carbocycles. The van der Waals surface area contributed by atoms with Crippen molar-refractivity contribution < 1.29 is 14.0 Å². The molecule has 7 nitrogen and oxygen atoms in total. The molecular weight excluding hydrogens is 256 g/mol. The topological polar surface area (TPSA) is 59.8 Å². The number of hydrogen-bond donors (Lipinski definition) is 0. The van der Waals surface area contributed by atoms with Gasteiger partial charge in [0.1, 0.15) is 12.2 Å². The molecule has 0 radical (unpaired) electrons. The number of aromatic nitrogens is 2. The SMILES string of the molecule is COOSN(C)CCN(C)C(=O)n1cc(C)cn1. The van der Waals surface area contributed by atoms with Crippen molar-refractivity contribution in [3.8, 4) is 0 Å². The van der Waals surface area contributed by atoms with E-state index in [9.17, 15) is 4.79 Å². The Kier molecular flexibility index (Phi) is 6.13. The first-order valence-electron chi connectivity index (χ1n) is 5.40.